The lowest BCUT2D eigenvalue weighted by Gasteiger charge is -2.09. The van der Waals surface area contributed by atoms with Crippen LogP contribution < -0.4 is 18.9 Å². The maximum absolute atomic E-state index is 12.9. The first-order valence-corrected chi connectivity index (χ1v) is 16.8. The largest absolute Gasteiger partial charge is 0.490 e. The summed E-state index contributed by atoms with van der Waals surface area (Å²) in [6, 6.07) is 22.5. The van der Waals surface area contributed by atoms with Gasteiger partial charge in [-0.15, -0.1) is 0 Å². The Morgan fingerprint density at radius 2 is 0.739 bits per heavy atom. The average Bonchev–Trinajstić information content (AvgIpc) is 3.06. The molecule has 0 saturated carbocycles. The van der Waals surface area contributed by atoms with E-state index in [1.165, 1.54) is 72.8 Å². The second-order valence-electron chi connectivity index (χ2n) is 9.54. The number of carbonyl (C=O) groups is 2. The van der Waals surface area contributed by atoms with Crippen LogP contribution in [0.3, 0.4) is 0 Å². The van der Waals surface area contributed by atoms with Crippen molar-refractivity contribution >= 4 is 31.6 Å². The monoisotopic (exact) mass is 662 g/mol. The summed E-state index contributed by atoms with van der Waals surface area (Å²) in [6.07, 6.45) is 2.54. The Bertz CT molecular complexity index is 1750. The van der Waals surface area contributed by atoms with E-state index in [2.05, 4.69) is 13.2 Å². The molecule has 0 aliphatic heterocycles. The zero-order valence-corrected chi connectivity index (χ0v) is 26.2. The third-order valence-electron chi connectivity index (χ3n) is 6.27. The number of esters is 2. The molecule has 0 saturated heterocycles. The number of carbonyl (C=O) groups excluding carboxylic acids is 2. The first-order valence-electron chi connectivity index (χ1n) is 13.8. The predicted molar refractivity (Wildman–Crippen MR) is 169 cm³/mol. The van der Waals surface area contributed by atoms with Crippen molar-refractivity contribution in [2.75, 3.05) is 13.2 Å². The zero-order valence-electron chi connectivity index (χ0n) is 24.5. The molecule has 4 aromatic rings. The minimum atomic E-state index is -3.82. The third-order valence-corrected chi connectivity index (χ3v) is 9.84. The molecule has 0 fully saturated rings. The van der Waals surface area contributed by atoms with Gasteiger partial charge in [0.25, 0.3) is 0 Å². The number of hydrogen-bond acceptors (Lipinski definition) is 10. The van der Waals surface area contributed by atoms with Gasteiger partial charge in [-0.2, -0.15) is 0 Å². The molecule has 0 aliphatic rings. The minimum Gasteiger partial charge on any atom is -0.490 e. The smallest absolute Gasteiger partial charge is 0.311 e. The van der Waals surface area contributed by atoms with Crippen LogP contribution in [0.25, 0.3) is 0 Å². The van der Waals surface area contributed by atoms with Crippen LogP contribution >= 0.6 is 0 Å². The fourth-order valence-corrected chi connectivity index (χ4v) is 6.48. The summed E-state index contributed by atoms with van der Waals surface area (Å²) in [5.41, 5.74) is 0. The molecule has 0 aliphatic carbocycles. The number of hydrogen-bond donors (Lipinski definition) is 0. The Hall–Kier alpha value is -5.20. The molecule has 0 unspecified atom stereocenters. The Morgan fingerprint density at radius 1 is 0.478 bits per heavy atom. The molecule has 0 atom stereocenters. The maximum atomic E-state index is 12.9. The highest BCUT2D eigenvalue weighted by atomic mass is 32.2. The molecule has 4 rings (SSSR count). The van der Waals surface area contributed by atoms with Crippen molar-refractivity contribution in [1.82, 2.24) is 0 Å². The summed E-state index contributed by atoms with van der Waals surface area (Å²) < 4.78 is 72.9. The van der Waals surface area contributed by atoms with E-state index >= 15 is 0 Å². The van der Waals surface area contributed by atoms with Gasteiger partial charge in [0.1, 0.15) is 36.2 Å². The number of ether oxygens (including phenoxy) is 4. The van der Waals surface area contributed by atoms with Gasteiger partial charge in [0.2, 0.25) is 19.7 Å². The fraction of sp³-hybridized carbons (Fsp3) is 0.118. The van der Waals surface area contributed by atoms with Crippen molar-refractivity contribution < 1.29 is 45.4 Å². The normalized spacial score (nSPS) is 11.2. The fourth-order valence-electron chi connectivity index (χ4n) is 3.96. The van der Waals surface area contributed by atoms with E-state index < -0.39 is 31.6 Å². The zero-order chi connectivity index (χ0) is 33.2. The molecule has 46 heavy (non-hydrogen) atoms. The lowest BCUT2D eigenvalue weighted by Crippen LogP contribution is -2.14. The maximum Gasteiger partial charge on any atom is 0.311 e. The summed E-state index contributed by atoms with van der Waals surface area (Å²) >= 11 is 0. The number of rotatable bonds is 15. The van der Waals surface area contributed by atoms with Crippen LogP contribution in [0.2, 0.25) is 0 Å². The molecule has 10 nitrogen and oxygen atoms in total. The highest BCUT2D eigenvalue weighted by Gasteiger charge is 2.20. The van der Waals surface area contributed by atoms with Crippen LogP contribution in [-0.4, -0.2) is 42.0 Å². The van der Waals surface area contributed by atoms with E-state index in [1.54, 1.807) is 36.4 Å². The van der Waals surface area contributed by atoms with Crippen molar-refractivity contribution in [1.29, 1.82) is 0 Å². The minimum absolute atomic E-state index is 0.00112. The van der Waals surface area contributed by atoms with Gasteiger partial charge in [0.05, 0.1) is 32.4 Å². The highest BCUT2D eigenvalue weighted by Crippen LogP contribution is 2.27. The van der Waals surface area contributed by atoms with Gasteiger partial charge in [0.15, 0.2) is 0 Å². The molecule has 4 aromatic carbocycles. The van der Waals surface area contributed by atoms with Crippen molar-refractivity contribution in [3.05, 3.63) is 122 Å². The van der Waals surface area contributed by atoms with Crippen molar-refractivity contribution in [3.8, 4) is 23.0 Å². The van der Waals surface area contributed by atoms with E-state index in [9.17, 15) is 26.4 Å². The van der Waals surface area contributed by atoms with Crippen molar-refractivity contribution in [3.63, 3.8) is 0 Å². The number of benzene rings is 4. The quantitative estimate of drug-likeness (QED) is 0.0875. The molecule has 0 bridgehead atoms. The second kappa shape index (κ2) is 15.2. The standard InChI is InChI=1S/C34H30O10S2/c1-3-23-41-25-5-13-29(14-6-25)45(37,38)31-17-9-27(10-18-31)43-33(35)21-22-34(36)44-28-11-19-32(20-12-28)46(39,40)30-15-7-26(8-16-30)42-24-4-2/h3-20H,1-2,21-24H2. The molecule has 0 radical (unpaired) electrons. The van der Waals surface area contributed by atoms with E-state index in [1.807, 2.05) is 0 Å². The Kier molecular flexibility index (Phi) is 11.1. The van der Waals surface area contributed by atoms with Gasteiger partial charge in [-0.1, -0.05) is 25.3 Å². The predicted octanol–water partition coefficient (Wildman–Crippen LogP) is 5.77. The molecule has 0 aromatic heterocycles. The third kappa shape index (κ3) is 8.71. The Balaban J connectivity index is 1.27. The summed E-state index contributed by atoms with van der Waals surface area (Å²) in [5.74, 6) is -0.261. The molecule has 0 spiro atoms. The molecule has 238 valence electrons. The average molecular weight is 663 g/mol. The first-order chi connectivity index (χ1) is 22.0. The first kappa shape index (κ1) is 33.7. The molecule has 12 heteroatoms. The van der Waals surface area contributed by atoms with Crippen LogP contribution in [0.4, 0.5) is 0 Å². The molecule has 0 heterocycles. The van der Waals surface area contributed by atoms with Gasteiger partial charge in [-0.3, -0.25) is 9.59 Å². The van der Waals surface area contributed by atoms with Gasteiger partial charge < -0.3 is 18.9 Å². The second-order valence-corrected chi connectivity index (χ2v) is 13.4. The van der Waals surface area contributed by atoms with Gasteiger partial charge in [0, 0.05) is 0 Å². The highest BCUT2D eigenvalue weighted by molar-refractivity contribution is 7.91. The lowest BCUT2D eigenvalue weighted by atomic mass is 10.3. The van der Waals surface area contributed by atoms with E-state index in [0.29, 0.717) is 24.7 Å². The number of sulfone groups is 2. The van der Waals surface area contributed by atoms with Crippen molar-refractivity contribution in [2.45, 2.75) is 32.4 Å². The van der Waals surface area contributed by atoms with Crippen LogP contribution in [-0.2, 0) is 29.3 Å². The summed E-state index contributed by atoms with van der Waals surface area (Å²) in [5, 5.41) is 0. The topological polar surface area (TPSA) is 139 Å². The lowest BCUT2D eigenvalue weighted by molar-refractivity contribution is -0.140. The van der Waals surface area contributed by atoms with E-state index in [4.69, 9.17) is 18.9 Å². The van der Waals surface area contributed by atoms with E-state index in [-0.39, 0.29) is 43.9 Å². The van der Waals surface area contributed by atoms with E-state index in [0.717, 1.165) is 0 Å². The van der Waals surface area contributed by atoms with Gasteiger partial charge in [-0.05, 0) is 97.1 Å². The van der Waals surface area contributed by atoms with Crippen LogP contribution in [0.15, 0.2) is 142 Å². The van der Waals surface area contributed by atoms with Crippen LogP contribution in [0, 0.1) is 0 Å². The SMILES string of the molecule is C=CCOc1ccc(S(=O)(=O)c2ccc(OC(=O)CCC(=O)Oc3ccc(S(=O)(=O)c4ccc(OCC=C)cc4)cc3)cc2)cc1. The summed E-state index contributed by atoms with van der Waals surface area (Å²) in [7, 11) is -7.64. The molecular formula is C34H30O10S2. The summed E-state index contributed by atoms with van der Waals surface area (Å²) in [6.45, 7) is 7.71. The Morgan fingerprint density at radius 3 is 1.00 bits per heavy atom. The van der Waals surface area contributed by atoms with Crippen LogP contribution in [0.1, 0.15) is 12.8 Å². The van der Waals surface area contributed by atoms with Gasteiger partial charge in [-0.25, -0.2) is 16.8 Å². The van der Waals surface area contributed by atoms with Crippen LogP contribution in [0.5, 0.6) is 23.0 Å². The Labute approximate surface area is 267 Å². The molecule has 0 N–H and O–H groups in total. The molecular weight excluding hydrogens is 632 g/mol. The van der Waals surface area contributed by atoms with Gasteiger partial charge >= 0.3 is 11.9 Å². The van der Waals surface area contributed by atoms with Crippen molar-refractivity contribution in [2.24, 2.45) is 0 Å². The summed E-state index contributed by atoms with van der Waals surface area (Å²) in [4.78, 5) is 24.7. The molecule has 0 amide bonds.